The molecule has 1 aliphatic heterocycles. The fourth-order valence-corrected chi connectivity index (χ4v) is 2.62. The van der Waals surface area contributed by atoms with Crippen LogP contribution in [0.3, 0.4) is 0 Å². The third-order valence-corrected chi connectivity index (χ3v) is 4.21. The van der Waals surface area contributed by atoms with Crippen molar-refractivity contribution in [2.75, 3.05) is 12.3 Å². The largest absolute Gasteiger partial charge is 0.459 e. The first-order chi connectivity index (χ1) is 11.2. The average Bonchev–Trinajstić information content (AvgIpc) is 2.89. The quantitative estimate of drug-likeness (QED) is 0.752. The zero-order chi connectivity index (χ0) is 18.1. The summed E-state index contributed by atoms with van der Waals surface area (Å²) in [5.74, 6) is -2.15. The maximum Gasteiger partial charge on any atom is 0.351 e. The molecule has 2 rings (SSSR count). The van der Waals surface area contributed by atoms with Crippen LogP contribution in [0.5, 0.6) is 0 Å². The fraction of sp³-hybridized carbons (Fsp3) is 0.667. The third-order valence-electron chi connectivity index (χ3n) is 4.21. The predicted octanol–water partition coefficient (Wildman–Crippen LogP) is 0.592. The van der Waals surface area contributed by atoms with Crippen LogP contribution in [0.4, 0.5) is 10.2 Å². The molecular weight excluding hydrogens is 321 g/mol. The number of aliphatic hydroxyl groups is 1. The zero-order valence-electron chi connectivity index (χ0n) is 13.9. The van der Waals surface area contributed by atoms with Crippen molar-refractivity contribution >= 4 is 11.8 Å². The van der Waals surface area contributed by atoms with Gasteiger partial charge in [0.2, 0.25) is 0 Å². The maximum absolute atomic E-state index is 13.6. The summed E-state index contributed by atoms with van der Waals surface area (Å²) < 4.78 is 25.8. The van der Waals surface area contributed by atoms with Crippen LogP contribution in [0.25, 0.3) is 0 Å². The highest BCUT2D eigenvalue weighted by atomic mass is 19.1. The predicted molar refractivity (Wildman–Crippen MR) is 82.4 cm³/mol. The van der Waals surface area contributed by atoms with Crippen LogP contribution < -0.4 is 11.4 Å². The van der Waals surface area contributed by atoms with Crippen LogP contribution >= 0.6 is 0 Å². The van der Waals surface area contributed by atoms with E-state index >= 15 is 0 Å². The number of halogens is 1. The first-order valence-electron chi connectivity index (χ1n) is 7.77. The number of nitrogens with two attached hydrogens (primary N) is 1. The molecule has 1 aliphatic rings. The maximum atomic E-state index is 13.6. The number of esters is 1. The minimum absolute atomic E-state index is 0.0950. The van der Waals surface area contributed by atoms with Gasteiger partial charge in [0.1, 0.15) is 17.9 Å². The highest BCUT2D eigenvalue weighted by Gasteiger charge is 2.50. The Morgan fingerprint density at radius 3 is 2.88 bits per heavy atom. The summed E-state index contributed by atoms with van der Waals surface area (Å²) in [7, 11) is 0. The molecule has 3 atom stereocenters. The number of aromatic nitrogens is 2. The number of rotatable bonds is 5. The second kappa shape index (κ2) is 6.86. The lowest BCUT2D eigenvalue weighted by Crippen LogP contribution is -2.45. The van der Waals surface area contributed by atoms with Gasteiger partial charge in [-0.2, -0.15) is 4.98 Å². The van der Waals surface area contributed by atoms with E-state index < -0.39 is 47.8 Å². The van der Waals surface area contributed by atoms with Gasteiger partial charge in [-0.15, -0.1) is 0 Å². The van der Waals surface area contributed by atoms with Gasteiger partial charge in [-0.05, 0) is 6.42 Å². The van der Waals surface area contributed by atoms with E-state index in [0.717, 1.165) is 10.8 Å². The molecule has 2 heterocycles. The topological polar surface area (TPSA) is 117 Å². The Kier molecular flexibility index (Phi) is 5.24. The van der Waals surface area contributed by atoms with Crippen LogP contribution in [0.1, 0.15) is 39.8 Å². The summed E-state index contributed by atoms with van der Waals surface area (Å²) in [5.41, 5.74) is 3.33. The molecule has 8 nitrogen and oxygen atoms in total. The summed E-state index contributed by atoms with van der Waals surface area (Å²) in [6, 6.07) is 0. The van der Waals surface area contributed by atoms with Gasteiger partial charge in [0.15, 0.2) is 11.6 Å². The Hall–Kier alpha value is -2.00. The smallest absolute Gasteiger partial charge is 0.351 e. The molecule has 0 amide bonds. The number of anilines is 1. The summed E-state index contributed by atoms with van der Waals surface area (Å²) in [5, 5.41) is 9.76. The van der Waals surface area contributed by atoms with Crippen molar-refractivity contribution in [1.82, 2.24) is 9.55 Å². The van der Waals surface area contributed by atoms with Crippen molar-refractivity contribution in [3.63, 3.8) is 0 Å². The molecule has 0 bridgehead atoms. The van der Waals surface area contributed by atoms with Gasteiger partial charge in [-0.3, -0.25) is 9.36 Å². The van der Waals surface area contributed by atoms with Gasteiger partial charge in [0, 0.05) is 6.42 Å². The molecular formula is C15H22FN3O5. The lowest BCUT2D eigenvalue weighted by molar-refractivity contribution is -0.171. The van der Waals surface area contributed by atoms with Crippen molar-refractivity contribution in [2.24, 2.45) is 5.92 Å². The second-order valence-electron chi connectivity index (χ2n) is 6.13. The molecule has 0 saturated carbocycles. The Labute approximate surface area is 138 Å². The molecule has 0 aromatic carbocycles. The van der Waals surface area contributed by atoms with Gasteiger partial charge < -0.3 is 20.3 Å². The molecule has 0 unspecified atom stereocenters. The first kappa shape index (κ1) is 18.3. The van der Waals surface area contributed by atoms with Crippen LogP contribution in [-0.2, 0) is 14.3 Å². The van der Waals surface area contributed by atoms with E-state index in [2.05, 4.69) is 4.98 Å². The van der Waals surface area contributed by atoms with E-state index in [9.17, 15) is 19.1 Å². The highest BCUT2D eigenvalue weighted by molar-refractivity contribution is 5.71. The molecule has 1 saturated heterocycles. The monoisotopic (exact) mass is 343 g/mol. The van der Waals surface area contributed by atoms with E-state index in [4.69, 9.17) is 15.2 Å². The van der Waals surface area contributed by atoms with Crippen molar-refractivity contribution in [3.05, 3.63) is 22.5 Å². The SMILES string of the molecule is CC[C@]1(CO)O[C@@H](n2cc(F)c(N)nc2=O)C[C@@H]1OC(=O)C(C)C. The number of ether oxygens (including phenoxy) is 2. The van der Waals surface area contributed by atoms with E-state index in [1.807, 2.05) is 0 Å². The van der Waals surface area contributed by atoms with Gasteiger partial charge >= 0.3 is 11.7 Å². The van der Waals surface area contributed by atoms with Crippen LogP contribution in [0, 0.1) is 11.7 Å². The van der Waals surface area contributed by atoms with E-state index in [-0.39, 0.29) is 12.3 Å². The van der Waals surface area contributed by atoms with E-state index in [0.29, 0.717) is 6.42 Å². The minimum Gasteiger partial charge on any atom is -0.459 e. The van der Waals surface area contributed by atoms with Crippen LogP contribution in [0.2, 0.25) is 0 Å². The molecule has 0 aliphatic carbocycles. The molecule has 9 heteroatoms. The Bertz CT molecular complexity index is 672. The number of hydrogen-bond donors (Lipinski definition) is 2. The Morgan fingerprint density at radius 1 is 1.67 bits per heavy atom. The molecule has 24 heavy (non-hydrogen) atoms. The van der Waals surface area contributed by atoms with Crippen molar-refractivity contribution in [1.29, 1.82) is 0 Å². The molecule has 0 radical (unpaired) electrons. The first-order valence-corrected chi connectivity index (χ1v) is 7.77. The van der Waals surface area contributed by atoms with Crippen LogP contribution in [0.15, 0.2) is 11.0 Å². The normalized spacial score (nSPS) is 26.8. The van der Waals surface area contributed by atoms with Crippen LogP contribution in [-0.4, -0.2) is 38.9 Å². The molecule has 1 fully saturated rings. The highest BCUT2D eigenvalue weighted by Crippen LogP contribution is 2.40. The molecule has 134 valence electrons. The lowest BCUT2D eigenvalue weighted by atomic mass is 9.94. The number of carbonyl (C=O) groups excluding carboxylic acids is 1. The van der Waals surface area contributed by atoms with Crippen molar-refractivity contribution < 1.29 is 23.8 Å². The number of aliphatic hydroxyl groups excluding tert-OH is 1. The lowest BCUT2D eigenvalue weighted by Gasteiger charge is -2.31. The fourth-order valence-electron chi connectivity index (χ4n) is 2.62. The molecule has 3 N–H and O–H groups in total. The third kappa shape index (κ3) is 3.27. The van der Waals surface area contributed by atoms with Gasteiger partial charge in [0.25, 0.3) is 0 Å². The summed E-state index contributed by atoms with van der Waals surface area (Å²) in [6.07, 6.45) is -0.343. The van der Waals surface area contributed by atoms with Gasteiger partial charge in [0.05, 0.1) is 18.7 Å². The van der Waals surface area contributed by atoms with E-state index in [1.54, 1.807) is 20.8 Å². The van der Waals surface area contributed by atoms with E-state index in [1.165, 1.54) is 0 Å². The van der Waals surface area contributed by atoms with Gasteiger partial charge in [-0.25, -0.2) is 9.18 Å². The number of carbonyl (C=O) groups is 1. The molecule has 1 aromatic rings. The Balaban J connectivity index is 2.34. The summed E-state index contributed by atoms with van der Waals surface area (Å²) in [4.78, 5) is 27.3. The Morgan fingerprint density at radius 2 is 2.33 bits per heavy atom. The van der Waals surface area contributed by atoms with Crippen molar-refractivity contribution in [2.45, 2.75) is 51.5 Å². The average molecular weight is 343 g/mol. The summed E-state index contributed by atoms with van der Waals surface area (Å²) in [6.45, 7) is 4.73. The molecule has 1 aromatic heterocycles. The minimum atomic E-state index is -1.16. The second-order valence-corrected chi connectivity index (χ2v) is 6.13. The molecule has 0 spiro atoms. The zero-order valence-corrected chi connectivity index (χ0v) is 13.9. The van der Waals surface area contributed by atoms with Crippen molar-refractivity contribution in [3.8, 4) is 0 Å². The van der Waals surface area contributed by atoms with Gasteiger partial charge in [-0.1, -0.05) is 20.8 Å². The standard InChI is InChI=1S/C15H22FN3O5/c1-4-15(7-20)10(23-13(21)8(2)3)5-11(24-15)19-6-9(16)12(17)18-14(19)22/h6,8,10-11,20H,4-5,7H2,1-3H3,(H2,17,18,22)/t10-,11+,15+/m0/s1. The summed E-state index contributed by atoms with van der Waals surface area (Å²) >= 11 is 0. The number of nitrogen functional groups attached to an aromatic ring is 1. The number of nitrogens with zero attached hydrogens (tertiary/aromatic N) is 2. The number of hydrogen-bond acceptors (Lipinski definition) is 7.